The Morgan fingerprint density at radius 1 is 0.974 bits per heavy atom. The molecule has 0 unspecified atom stereocenters. The predicted octanol–water partition coefficient (Wildman–Crippen LogP) is 6.15. The van der Waals surface area contributed by atoms with E-state index in [9.17, 15) is 18.0 Å². The molecule has 0 fully saturated rings. The van der Waals surface area contributed by atoms with Crippen LogP contribution in [0.25, 0.3) is 0 Å². The summed E-state index contributed by atoms with van der Waals surface area (Å²) in [7, 11) is 0. The minimum absolute atomic E-state index is 0.00593. The fourth-order valence-corrected chi connectivity index (χ4v) is 3.44. The number of rotatable bonds is 14. The third-order valence-electron chi connectivity index (χ3n) is 5.26. The molecule has 1 amide bonds. The molecule has 0 aliphatic rings. The van der Waals surface area contributed by atoms with Crippen molar-refractivity contribution >= 4 is 40.8 Å². The summed E-state index contributed by atoms with van der Waals surface area (Å²) in [5, 5.41) is 16.7. The van der Waals surface area contributed by atoms with Crippen molar-refractivity contribution in [2.24, 2.45) is 0 Å². The number of carbonyl (C=O) groups excluding carboxylic acids is 1. The Morgan fingerprint density at radius 3 is 2.33 bits per heavy atom. The minimum Gasteiger partial charge on any atom is -0.454 e. The molecule has 0 aliphatic carbocycles. The number of hydrogen-bond donors (Lipinski definition) is 4. The van der Waals surface area contributed by atoms with Crippen molar-refractivity contribution < 1.29 is 22.7 Å². The lowest BCUT2D eigenvalue weighted by molar-refractivity contribution is -0.154. The monoisotopic (exact) mass is 563 g/mol. The molecule has 208 valence electrons. The number of carbonyl (C=O) groups is 1. The molecule has 9 nitrogen and oxygen atoms in total. The van der Waals surface area contributed by atoms with Crippen LogP contribution in [0.3, 0.4) is 0 Å². The Labute approximate surface area is 229 Å². The van der Waals surface area contributed by atoms with E-state index in [0.29, 0.717) is 28.5 Å². The summed E-state index contributed by atoms with van der Waals surface area (Å²) < 4.78 is 42.8. The highest BCUT2D eigenvalue weighted by Crippen LogP contribution is 2.21. The number of unbranched alkanes of at least 4 members (excludes halogenated alkanes) is 2. The average Bonchev–Trinajstić information content (AvgIpc) is 2.89. The second-order valence-electron chi connectivity index (χ2n) is 8.70. The van der Waals surface area contributed by atoms with Gasteiger partial charge in [0, 0.05) is 35.1 Å². The van der Waals surface area contributed by atoms with E-state index in [4.69, 9.17) is 21.7 Å². The summed E-state index contributed by atoms with van der Waals surface area (Å²) in [6, 6.07) is 13.0. The topological polar surface area (TPSA) is 125 Å². The normalized spacial score (nSPS) is 11.1. The van der Waals surface area contributed by atoms with Gasteiger partial charge in [0.05, 0.1) is 0 Å². The number of anilines is 3. The van der Waals surface area contributed by atoms with E-state index in [0.717, 1.165) is 31.2 Å². The molecule has 0 saturated carbocycles. The summed E-state index contributed by atoms with van der Waals surface area (Å²) in [5.74, 6) is -0.258. The quantitative estimate of drug-likeness (QED) is 0.137. The van der Waals surface area contributed by atoms with Gasteiger partial charge < -0.3 is 26.1 Å². The minimum atomic E-state index is -4.56. The number of hydrogen-bond acceptors (Lipinski definition) is 8. The van der Waals surface area contributed by atoms with Gasteiger partial charge in [-0.25, -0.2) is 0 Å². The Hall–Kier alpha value is -3.93. The number of benzene rings is 2. The van der Waals surface area contributed by atoms with Crippen LogP contribution in [0.5, 0.6) is 6.01 Å². The zero-order valence-corrected chi connectivity index (χ0v) is 22.0. The van der Waals surface area contributed by atoms with Crippen molar-refractivity contribution in [1.82, 2.24) is 20.3 Å². The number of alkyl halides is 3. The Bertz CT molecular complexity index is 1240. The number of ether oxygens (including phenoxy) is 1. The van der Waals surface area contributed by atoms with Crippen LogP contribution in [0, 0.1) is 5.41 Å². The molecule has 3 rings (SSSR count). The molecule has 0 saturated heterocycles. The van der Waals surface area contributed by atoms with Crippen molar-refractivity contribution in [3.63, 3.8) is 0 Å². The van der Waals surface area contributed by atoms with Crippen molar-refractivity contribution in [3.05, 3.63) is 64.7 Å². The number of aromatic nitrogens is 3. The third-order valence-corrected chi connectivity index (χ3v) is 5.51. The maximum atomic E-state index is 12.7. The predicted molar refractivity (Wildman–Crippen MR) is 144 cm³/mol. The van der Waals surface area contributed by atoms with Gasteiger partial charge in [-0.2, -0.15) is 28.1 Å². The van der Waals surface area contributed by atoms with E-state index in [1.165, 1.54) is 0 Å². The summed E-state index contributed by atoms with van der Waals surface area (Å²) in [6.45, 7) is 1.04. The molecule has 0 bridgehead atoms. The van der Waals surface area contributed by atoms with E-state index in [2.05, 4.69) is 30.9 Å². The third kappa shape index (κ3) is 11.1. The number of amides is 1. The Balaban J connectivity index is 1.62. The molecule has 13 heteroatoms. The first-order valence-electron chi connectivity index (χ1n) is 12.2. The highest BCUT2D eigenvalue weighted by molar-refractivity contribution is 6.30. The van der Waals surface area contributed by atoms with Crippen LogP contribution in [0.2, 0.25) is 5.02 Å². The van der Waals surface area contributed by atoms with Crippen LogP contribution in [0.15, 0.2) is 48.5 Å². The highest BCUT2D eigenvalue weighted by Gasteiger charge is 2.29. The van der Waals surface area contributed by atoms with Crippen molar-refractivity contribution in [2.45, 2.75) is 45.3 Å². The van der Waals surface area contributed by atoms with E-state index in [1.54, 1.807) is 55.5 Å². The fraction of sp³-hybridized carbons (Fsp3) is 0.346. The van der Waals surface area contributed by atoms with Gasteiger partial charge in [0.1, 0.15) is 0 Å². The molecule has 1 heterocycles. The molecule has 2 aromatic carbocycles. The van der Waals surface area contributed by atoms with Gasteiger partial charge in [0.25, 0.3) is 5.91 Å². The molecule has 0 spiro atoms. The van der Waals surface area contributed by atoms with Crippen molar-refractivity contribution in [3.8, 4) is 6.01 Å². The molecule has 39 heavy (non-hydrogen) atoms. The van der Waals surface area contributed by atoms with Crippen molar-refractivity contribution in [2.75, 3.05) is 23.8 Å². The zero-order valence-electron chi connectivity index (χ0n) is 21.2. The van der Waals surface area contributed by atoms with E-state index < -0.39 is 18.8 Å². The van der Waals surface area contributed by atoms with Gasteiger partial charge in [-0.05, 0) is 68.1 Å². The maximum Gasteiger partial charge on any atom is 0.422 e. The van der Waals surface area contributed by atoms with Gasteiger partial charge in [-0.3, -0.25) is 4.79 Å². The van der Waals surface area contributed by atoms with Gasteiger partial charge in [0.15, 0.2) is 6.61 Å². The average molecular weight is 564 g/mol. The summed E-state index contributed by atoms with van der Waals surface area (Å²) in [4.78, 5) is 24.4. The molecule has 0 aliphatic heterocycles. The van der Waals surface area contributed by atoms with Crippen LogP contribution in [0.4, 0.5) is 30.8 Å². The summed E-state index contributed by atoms with van der Waals surface area (Å²) in [5.41, 5.74) is 2.46. The van der Waals surface area contributed by atoms with Gasteiger partial charge in [0.2, 0.25) is 11.9 Å². The summed E-state index contributed by atoms with van der Waals surface area (Å²) >= 11 is 5.90. The Kier molecular flexibility index (Phi) is 10.9. The van der Waals surface area contributed by atoms with Crippen LogP contribution in [-0.4, -0.2) is 45.9 Å². The number of nitrogens with one attached hydrogen (secondary N) is 4. The van der Waals surface area contributed by atoms with Crippen LogP contribution < -0.4 is 20.7 Å². The smallest absolute Gasteiger partial charge is 0.422 e. The lowest BCUT2D eigenvalue weighted by atomic mass is 10.1. The molecule has 0 atom stereocenters. The van der Waals surface area contributed by atoms with Crippen LogP contribution >= 0.6 is 11.6 Å². The Morgan fingerprint density at radius 2 is 1.67 bits per heavy atom. The van der Waals surface area contributed by atoms with Crippen LogP contribution in [0.1, 0.15) is 48.5 Å². The van der Waals surface area contributed by atoms with E-state index in [1.807, 2.05) is 0 Å². The molecular formula is C26H29ClF3N7O2. The first-order valence-corrected chi connectivity index (χ1v) is 12.6. The van der Waals surface area contributed by atoms with Gasteiger partial charge in [-0.1, -0.05) is 30.2 Å². The lowest BCUT2D eigenvalue weighted by Gasteiger charge is -2.12. The zero-order chi connectivity index (χ0) is 28.3. The number of halogens is 4. The van der Waals surface area contributed by atoms with Crippen LogP contribution in [-0.2, 0) is 6.54 Å². The second kappa shape index (κ2) is 14.3. The maximum absolute atomic E-state index is 12.7. The SMILES string of the molecule is CC(=N)CCCCCNC(=O)c1ccc(Nc2nc(NCc3ccc(Cl)cc3)nc(OCC(F)(F)F)n2)cc1. The molecule has 3 aromatic rings. The molecule has 4 N–H and O–H groups in total. The fourth-order valence-electron chi connectivity index (χ4n) is 3.32. The first kappa shape index (κ1) is 29.6. The summed E-state index contributed by atoms with van der Waals surface area (Å²) in [6.07, 6.45) is -1.13. The van der Waals surface area contributed by atoms with E-state index >= 15 is 0 Å². The largest absolute Gasteiger partial charge is 0.454 e. The first-order chi connectivity index (χ1) is 18.6. The van der Waals surface area contributed by atoms with E-state index in [-0.39, 0.29) is 24.3 Å². The molecular weight excluding hydrogens is 535 g/mol. The molecule has 1 aromatic heterocycles. The van der Waals surface area contributed by atoms with Gasteiger partial charge >= 0.3 is 12.2 Å². The highest BCUT2D eigenvalue weighted by atomic mass is 35.5. The lowest BCUT2D eigenvalue weighted by Crippen LogP contribution is -2.24. The van der Waals surface area contributed by atoms with Gasteiger partial charge in [-0.15, -0.1) is 0 Å². The second-order valence-corrected chi connectivity index (χ2v) is 9.13. The van der Waals surface area contributed by atoms with Crippen molar-refractivity contribution in [1.29, 1.82) is 5.41 Å². The number of nitrogens with zero attached hydrogens (tertiary/aromatic N) is 3. The molecule has 0 radical (unpaired) electrons. The standard InChI is InChI=1S/C26H29ClF3N7O2/c1-17(31)5-3-2-4-14-32-22(38)19-8-12-21(13-9-19)34-24-35-23(33-15-18-6-10-20(27)11-7-18)36-25(37-24)39-16-26(28,29)30/h6-13,31H,2-5,14-16H2,1H3,(H,32,38)(H2,33,34,35,36,37).